The minimum atomic E-state index is 0.895. The lowest BCUT2D eigenvalue weighted by Gasteiger charge is -2.12. The van der Waals surface area contributed by atoms with E-state index in [1.165, 1.54) is 51.6 Å². The Labute approximate surface area is 84.3 Å². The van der Waals surface area contributed by atoms with E-state index in [9.17, 15) is 0 Å². The second-order valence-electron chi connectivity index (χ2n) is 3.95. The first-order chi connectivity index (χ1) is 6.35. The van der Waals surface area contributed by atoms with Crippen molar-refractivity contribution in [3.63, 3.8) is 0 Å². The Morgan fingerprint density at radius 1 is 0.923 bits per heavy atom. The van der Waals surface area contributed by atoms with Crippen molar-refractivity contribution in [3.05, 3.63) is 0 Å². The summed E-state index contributed by atoms with van der Waals surface area (Å²) in [6.07, 6.45) is 8.12. The molecule has 1 N–H and O–H groups in total. The molecular weight excluding hydrogens is 158 g/mol. The lowest BCUT2D eigenvalue weighted by Crippen LogP contribution is -2.23. The molecule has 0 amide bonds. The van der Waals surface area contributed by atoms with Crippen LogP contribution < -0.4 is 5.32 Å². The topological polar surface area (TPSA) is 12.0 Å². The molecule has 0 rings (SSSR count). The first-order valence-electron chi connectivity index (χ1n) is 6.05. The van der Waals surface area contributed by atoms with E-state index in [1.807, 2.05) is 0 Å². The third-order valence-electron chi connectivity index (χ3n) is 2.79. The van der Waals surface area contributed by atoms with Gasteiger partial charge >= 0.3 is 0 Å². The van der Waals surface area contributed by atoms with Gasteiger partial charge in [0.25, 0.3) is 0 Å². The van der Waals surface area contributed by atoms with Crippen LogP contribution in [0.15, 0.2) is 0 Å². The van der Waals surface area contributed by atoms with Gasteiger partial charge in [-0.2, -0.15) is 0 Å². The fourth-order valence-electron chi connectivity index (χ4n) is 1.56. The van der Waals surface area contributed by atoms with E-state index in [1.54, 1.807) is 0 Å². The van der Waals surface area contributed by atoms with E-state index in [2.05, 4.69) is 26.1 Å². The molecule has 0 unspecified atom stereocenters. The Balaban J connectivity index is 3.05. The molecule has 0 fully saturated rings. The molecule has 0 aromatic heterocycles. The predicted octanol–water partition coefficient (Wildman–Crippen LogP) is 3.59. The fraction of sp³-hybridized carbons (Fsp3) is 1.00. The summed E-state index contributed by atoms with van der Waals surface area (Å²) in [7, 11) is 0. The highest BCUT2D eigenvalue weighted by Crippen LogP contribution is 2.05. The minimum Gasteiger partial charge on any atom is -0.316 e. The summed E-state index contributed by atoms with van der Waals surface area (Å²) in [5.74, 6) is 0.895. The van der Waals surface area contributed by atoms with Crippen LogP contribution in [0.25, 0.3) is 0 Å². The first-order valence-corrected chi connectivity index (χ1v) is 6.05. The van der Waals surface area contributed by atoms with Crippen LogP contribution in [0, 0.1) is 5.92 Å². The smallest absolute Gasteiger partial charge is 0.00207 e. The molecule has 13 heavy (non-hydrogen) atoms. The van der Waals surface area contributed by atoms with Gasteiger partial charge in [-0.25, -0.2) is 0 Å². The van der Waals surface area contributed by atoms with Crippen LogP contribution in [0.3, 0.4) is 0 Å². The van der Waals surface area contributed by atoms with E-state index < -0.39 is 0 Å². The van der Waals surface area contributed by atoms with Crippen LogP contribution in [0.2, 0.25) is 0 Å². The number of rotatable bonds is 9. The van der Waals surface area contributed by atoms with Gasteiger partial charge in [0.1, 0.15) is 0 Å². The largest absolute Gasteiger partial charge is 0.316 e. The van der Waals surface area contributed by atoms with Gasteiger partial charge in [-0.1, -0.05) is 52.9 Å². The van der Waals surface area contributed by atoms with Gasteiger partial charge in [-0.3, -0.25) is 0 Å². The van der Waals surface area contributed by atoms with Gasteiger partial charge in [0.2, 0.25) is 0 Å². The maximum Gasteiger partial charge on any atom is -0.00207 e. The van der Waals surface area contributed by atoms with Crippen LogP contribution in [-0.4, -0.2) is 13.1 Å². The number of hydrogen-bond acceptors (Lipinski definition) is 1. The highest BCUT2D eigenvalue weighted by Gasteiger charge is 2.00. The van der Waals surface area contributed by atoms with Crippen molar-refractivity contribution in [1.82, 2.24) is 5.32 Å². The summed E-state index contributed by atoms with van der Waals surface area (Å²) >= 11 is 0. The van der Waals surface area contributed by atoms with E-state index in [-0.39, 0.29) is 0 Å². The first kappa shape index (κ1) is 13.0. The Morgan fingerprint density at radius 3 is 2.15 bits per heavy atom. The van der Waals surface area contributed by atoms with Crippen molar-refractivity contribution in [3.8, 4) is 0 Å². The van der Waals surface area contributed by atoms with Crippen molar-refractivity contribution in [1.29, 1.82) is 0 Å². The Morgan fingerprint density at radius 2 is 1.62 bits per heavy atom. The highest BCUT2D eigenvalue weighted by molar-refractivity contribution is 4.58. The average Bonchev–Trinajstić information content (AvgIpc) is 2.17. The molecule has 0 aromatic carbocycles. The predicted molar refractivity (Wildman–Crippen MR) is 61.1 cm³/mol. The zero-order valence-corrected chi connectivity index (χ0v) is 9.73. The molecule has 0 saturated carbocycles. The second kappa shape index (κ2) is 10.0. The molecule has 0 aliphatic carbocycles. The summed E-state index contributed by atoms with van der Waals surface area (Å²) < 4.78 is 0. The average molecular weight is 185 g/mol. The van der Waals surface area contributed by atoms with Crippen molar-refractivity contribution in [2.24, 2.45) is 5.92 Å². The molecule has 0 bridgehead atoms. The van der Waals surface area contributed by atoms with Crippen molar-refractivity contribution >= 4 is 0 Å². The van der Waals surface area contributed by atoms with Crippen LogP contribution in [-0.2, 0) is 0 Å². The van der Waals surface area contributed by atoms with E-state index in [0.717, 1.165) is 5.92 Å². The van der Waals surface area contributed by atoms with Gasteiger partial charge in [-0.15, -0.1) is 0 Å². The summed E-state index contributed by atoms with van der Waals surface area (Å²) in [5, 5.41) is 3.55. The van der Waals surface area contributed by atoms with E-state index in [4.69, 9.17) is 0 Å². The molecule has 0 radical (unpaired) electrons. The molecule has 0 saturated heterocycles. The molecule has 0 aliphatic heterocycles. The molecule has 0 aromatic rings. The van der Waals surface area contributed by atoms with Gasteiger partial charge < -0.3 is 5.32 Å². The summed E-state index contributed by atoms with van der Waals surface area (Å²) in [5.41, 5.74) is 0. The normalized spacial score (nSPS) is 11.1. The lowest BCUT2D eigenvalue weighted by atomic mass is 10.0. The van der Waals surface area contributed by atoms with Gasteiger partial charge in [-0.05, 0) is 25.4 Å². The van der Waals surface area contributed by atoms with Crippen molar-refractivity contribution < 1.29 is 0 Å². The van der Waals surface area contributed by atoms with E-state index >= 15 is 0 Å². The standard InChI is InChI=1S/C12H27N/c1-4-7-8-9-10-13-11-12(5-2)6-3/h12-13H,4-11H2,1-3H3. The number of unbranched alkanes of at least 4 members (excludes halogenated alkanes) is 3. The lowest BCUT2D eigenvalue weighted by molar-refractivity contribution is 0.444. The maximum atomic E-state index is 3.55. The zero-order chi connectivity index (χ0) is 9.94. The molecule has 0 aliphatic rings. The quantitative estimate of drug-likeness (QED) is 0.541. The van der Waals surface area contributed by atoms with Crippen LogP contribution in [0.5, 0.6) is 0 Å². The van der Waals surface area contributed by atoms with Gasteiger partial charge in [0.05, 0.1) is 0 Å². The molecule has 0 atom stereocenters. The molecule has 80 valence electrons. The van der Waals surface area contributed by atoms with Crippen LogP contribution >= 0.6 is 0 Å². The zero-order valence-electron chi connectivity index (χ0n) is 9.73. The summed E-state index contributed by atoms with van der Waals surface area (Å²) in [6, 6.07) is 0. The molecule has 0 heterocycles. The highest BCUT2D eigenvalue weighted by atomic mass is 14.8. The summed E-state index contributed by atoms with van der Waals surface area (Å²) in [4.78, 5) is 0. The SMILES string of the molecule is CCCCCCNCC(CC)CC. The molecule has 1 heteroatoms. The van der Waals surface area contributed by atoms with Crippen molar-refractivity contribution in [2.75, 3.05) is 13.1 Å². The van der Waals surface area contributed by atoms with E-state index in [0.29, 0.717) is 0 Å². The second-order valence-corrected chi connectivity index (χ2v) is 3.95. The van der Waals surface area contributed by atoms with Crippen LogP contribution in [0.1, 0.15) is 59.3 Å². The number of hydrogen-bond donors (Lipinski definition) is 1. The molecule has 1 nitrogen and oxygen atoms in total. The Hall–Kier alpha value is -0.0400. The third kappa shape index (κ3) is 8.29. The summed E-state index contributed by atoms with van der Waals surface area (Å²) in [6.45, 7) is 9.27. The Bertz CT molecular complexity index is 87.1. The van der Waals surface area contributed by atoms with Crippen molar-refractivity contribution in [2.45, 2.75) is 59.3 Å². The monoisotopic (exact) mass is 185 g/mol. The molecular formula is C12H27N. The minimum absolute atomic E-state index is 0.895. The van der Waals surface area contributed by atoms with Crippen LogP contribution in [0.4, 0.5) is 0 Å². The maximum absolute atomic E-state index is 3.55. The van der Waals surface area contributed by atoms with Gasteiger partial charge in [0.15, 0.2) is 0 Å². The molecule has 0 spiro atoms. The Kier molecular flexibility index (Phi) is 10.0. The fourth-order valence-corrected chi connectivity index (χ4v) is 1.56. The number of nitrogens with one attached hydrogen (secondary N) is 1. The van der Waals surface area contributed by atoms with Gasteiger partial charge in [0, 0.05) is 0 Å². The third-order valence-corrected chi connectivity index (χ3v) is 2.79.